The fourth-order valence-corrected chi connectivity index (χ4v) is 12.6. The minimum absolute atomic E-state index is 0. The Labute approximate surface area is 409 Å². The quantitative estimate of drug-likeness (QED) is 0.0907. The molecule has 3 heterocycles. The van der Waals surface area contributed by atoms with Crippen molar-refractivity contribution in [2.45, 2.75) is 103 Å². The van der Waals surface area contributed by atoms with Crippen LogP contribution in [0.15, 0.2) is 138 Å². The first-order valence-corrected chi connectivity index (χ1v) is 30.5. The number of hydrogen-bond donors (Lipinski definition) is 0. The van der Waals surface area contributed by atoms with Crippen molar-refractivity contribution in [3.63, 3.8) is 0 Å². The first kappa shape index (κ1) is 45.8. The van der Waals surface area contributed by atoms with Crippen LogP contribution in [0.4, 0.5) is 0 Å². The average molecular weight is 1110 g/mol. The molecule has 6 heteroatoms. The van der Waals surface area contributed by atoms with Gasteiger partial charge < -0.3 is 8.98 Å². The van der Waals surface area contributed by atoms with Crippen LogP contribution < -0.4 is 4.40 Å². The van der Waals surface area contributed by atoms with E-state index >= 15 is 0 Å². The van der Waals surface area contributed by atoms with Crippen LogP contribution in [0.2, 0.25) is 17.3 Å². The van der Waals surface area contributed by atoms with Gasteiger partial charge in [0, 0.05) is 36.6 Å². The molecule has 10 aromatic rings. The molecular formula is C60H61GeIrN3O-2. The average Bonchev–Trinajstić information content (AvgIpc) is 3.86. The van der Waals surface area contributed by atoms with Gasteiger partial charge in [0.15, 0.2) is 0 Å². The van der Waals surface area contributed by atoms with Gasteiger partial charge in [0.1, 0.15) is 5.58 Å². The Morgan fingerprint density at radius 1 is 0.667 bits per heavy atom. The third kappa shape index (κ3) is 8.83. The van der Waals surface area contributed by atoms with Crippen LogP contribution >= 0.6 is 0 Å². The van der Waals surface area contributed by atoms with E-state index in [1.165, 1.54) is 42.9 Å². The third-order valence-electron chi connectivity index (χ3n) is 12.8. The zero-order chi connectivity index (χ0) is 46.9. The Hall–Kier alpha value is -5.33. The molecule has 0 aliphatic heterocycles. The van der Waals surface area contributed by atoms with Gasteiger partial charge in [-0.25, -0.2) is 0 Å². The summed E-state index contributed by atoms with van der Waals surface area (Å²) in [5.41, 5.74) is 13.1. The van der Waals surface area contributed by atoms with Crippen molar-refractivity contribution >= 4 is 72.2 Å². The molecule has 0 bridgehead atoms. The number of rotatable bonds is 7. The molecule has 0 aliphatic carbocycles. The van der Waals surface area contributed by atoms with Gasteiger partial charge in [0.25, 0.3) is 0 Å². The van der Waals surface area contributed by atoms with Crippen molar-refractivity contribution < 1.29 is 25.9 Å². The number of fused-ring (bicyclic) bond motifs is 8. The summed E-state index contributed by atoms with van der Waals surface area (Å²) in [4.78, 5) is 9.91. The van der Waals surface area contributed by atoms with Crippen LogP contribution in [0.3, 0.4) is 0 Å². The van der Waals surface area contributed by atoms with Crippen molar-refractivity contribution in [1.82, 2.24) is 14.5 Å². The second-order valence-electron chi connectivity index (χ2n) is 20.5. The molecule has 0 unspecified atom stereocenters. The van der Waals surface area contributed by atoms with Crippen LogP contribution in [0.25, 0.3) is 82.8 Å². The van der Waals surface area contributed by atoms with E-state index in [0.717, 1.165) is 66.6 Å². The molecule has 0 N–H and O–H groups in total. The number of hydrogen-bond acceptors (Lipinski definition) is 3. The maximum atomic E-state index is 8.44. The first-order valence-electron chi connectivity index (χ1n) is 23.6. The summed E-state index contributed by atoms with van der Waals surface area (Å²) in [6.45, 7) is 20.0. The minimum Gasteiger partial charge on any atom is 0 e. The normalized spacial score (nSPS) is 12.6. The van der Waals surface area contributed by atoms with E-state index in [-0.39, 0.29) is 25.5 Å². The molecule has 10 rings (SSSR count). The minimum atomic E-state index is -2.03. The molecule has 0 saturated carbocycles. The van der Waals surface area contributed by atoms with Crippen molar-refractivity contribution in [3.05, 3.63) is 168 Å². The van der Waals surface area contributed by atoms with E-state index < -0.39 is 19.2 Å². The summed E-state index contributed by atoms with van der Waals surface area (Å²) in [6.07, 6.45) is 2.00. The smallest absolute Gasteiger partial charge is 0 e. The van der Waals surface area contributed by atoms with Gasteiger partial charge in [-0.3, -0.25) is 4.98 Å². The van der Waals surface area contributed by atoms with Crippen LogP contribution in [-0.2, 0) is 25.5 Å². The summed E-state index contributed by atoms with van der Waals surface area (Å²) in [6, 6.07) is 51.7. The summed E-state index contributed by atoms with van der Waals surface area (Å²) >= 11 is -2.03. The van der Waals surface area contributed by atoms with Crippen molar-refractivity contribution in [1.29, 1.82) is 0 Å². The van der Waals surface area contributed by atoms with Crippen molar-refractivity contribution in [2.24, 2.45) is 0 Å². The standard InChI is InChI=1S/C43H39N2O.C17H22GeN.Ir/c1-25(2)34-23-29(43(5,6)7)24-35(26(3)4)40(34)45-38-15-11-10-14-37(38)44-42(45)28-17-21-39-36(22-28)33-20-19-31-30-13-9-8-12-27(30)16-18-32(31)41(33)46-39;1-13(2)15-11-17(14-9-7-6-8-10-14)19-12-16(15)18(3,4)5;/h8-16,18-26H,1-7H3;6-9,11-13H,1-5H3;/q2*-1;/i;13D;. The fourth-order valence-electron chi connectivity index (χ4n) is 9.25. The second-order valence-corrected chi connectivity index (χ2v) is 31.1. The molecule has 66 heavy (non-hydrogen) atoms. The van der Waals surface area contributed by atoms with Gasteiger partial charge in [-0.15, -0.1) is 23.8 Å². The molecule has 0 aliphatic rings. The summed E-state index contributed by atoms with van der Waals surface area (Å²) in [7, 11) is 0. The van der Waals surface area contributed by atoms with Gasteiger partial charge in [-0.2, -0.15) is 0 Å². The van der Waals surface area contributed by atoms with Crippen molar-refractivity contribution in [3.8, 4) is 28.3 Å². The second kappa shape index (κ2) is 18.4. The number of nitrogens with zero attached hydrogens (tertiary/aromatic N) is 3. The van der Waals surface area contributed by atoms with E-state index in [1.54, 1.807) is 0 Å². The Morgan fingerprint density at radius 2 is 1.32 bits per heavy atom. The Balaban J connectivity index is 0.000000244. The van der Waals surface area contributed by atoms with Crippen LogP contribution in [0, 0.1) is 12.1 Å². The van der Waals surface area contributed by atoms with E-state index in [2.05, 4.69) is 184 Å². The molecule has 7 aromatic carbocycles. The number of imidazole rings is 1. The first-order chi connectivity index (χ1) is 31.3. The molecule has 0 spiro atoms. The zero-order valence-electron chi connectivity index (χ0n) is 41.4. The molecule has 1 radical (unpaired) electrons. The van der Waals surface area contributed by atoms with Crippen LogP contribution in [0.5, 0.6) is 0 Å². The largest absolute Gasteiger partial charge is 0 e. The number of pyridine rings is 1. The number of benzene rings is 7. The topological polar surface area (TPSA) is 43.9 Å². The molecule has 0 atom stereocenters. The van der Waals surface area contributed by atoms with E-state index in [9.17, 15) is 0 Å². The molecule has 3 aromatic heterocycles. The number of furan rings is 1. The molecular weight excluding hydrogens is 1040 g/mol. The Kier molecular flexibility index (Phi) is 12.8. The molecule has 0 saturated heterocycles. The van der Waals surface area contributed by atoms with Gasteiger partial charge in [-0.1, -0.05) is 127 Å². The maximum Gasteiger partial charge on any atom is 0 e. The summed E-state index contributed by atoms with van der Waals surface area (Å²) in [5, 5.41) is 6.99. The van der Waals surface area contributed by atoms with Gasteiger partial charge in [0.2, 0.25) is 0 Å². The van der Waals surface area contributed by atoms with E-state index in [1.807, 2.05) is 50.4 Å². The number of aromatic nitrogens is 3. The van der Waals surface area contributed by atoms with Gasteiger partial charge >= 0.3 is 120 Å². The maximum absolute atomic E-state index is 8.44. The predicted molar refractivity (Wildman–Crippen MR) is 280 cm³/mol. The summed E-state index contributed by atoms with van der Waals surface area (Å²) < 4.78 is 18.7. The van der Waals surface area contributed by atoms with Gasteiger partial charge in [-0.05, 0) is 62.2 Å². The van der Waals surface area contributed by atoms with Crippen molar-refractivity contribution in [2.75, 3.05) is 0 Å². The van der Waals surface area contributed by atoms with Crippen LogP contribution in [-0.4, -0.2) is 27.8 Å². The molecule has 4 nitrogen and oxygen atoms in total. The van der Waals surface area contributed by atoms with Gasteiger partial charge in [0.05, 0.1) is 22.4 Å². The summed E-state index contributed by atoms with van der Waals surface area (Å²) in [5.74, 6) is 8.01. The van der Waals surface area contributed by atoms with E-state index in [4.69, 9.17) is 10.8 Å². The van der Waals surface area contributed by atoms with Crippen LogP contribution in [0.1, 0.15) is 104 Å². The molecule has 0 fully saturated rings. The molecule has 337 valence electrons. The Bertz CT molecular complexity index is 3410. The number of para-hydroxylation sites is 2. The SMILES string of the molecule is CC(C)c1cc(C(C)(C)C)cc(C(C)C)c1-n1c(-c2[c-]cc3oc4c(ccc5c6ccccc6ccc54)c3c2)nc2ccccc21.[2H]C(C)(C)c1cc(-c2[c-]cccc2)nc[c]1[Ge]([CH3])([CH3])[CH3].[Ir]. The monoisotopic (exact) mass is 1110 g/mol. The zero-order valence-corrected chi connectivity index (χ0v) is 44.9. The van der Waals surface area contributed by atoms with E-state index in [0.29, 0.717) is 11.8 Å². The molecule has 0 amide bonds. The third-order valence-corrected chi connectivity index (χ3v) is 17.1. The fraction of sp³-hybridized carbons (Fsp3) is 0.267. The Morgan fingerprint density at radius 3 is 1.98 bits per heavy atom. The predicted octanol–water partition coefficient (Wildman–Crippen LogP) is 16.5.